The fourth-order valence-electron chi connectivity index (χ4n) is 1.49. The summed E-state index contributed by atoms with van der Waals surface area (Å²) in [5.41, 5.74) is -1.35. The van der Waals surface area contributed by atoms with E-state index >= 15 is 0 Å². The Hall–Kier alpha value is -1.92. The number of carboxylic acid groups (broad SMARTS) is 1. The van der Waals surface area contributed by atoms with Crippen LogP contribution in [0.5, 0.6) is 0 Å². The summed E-state index contributed by atoms with van der Waals surface area (Å²) in [6.07, 6.45) is 0.898. The van der Waals surface area contributed by atoms with Gasteiger partial charge >= 0.3 is 5.97 Å². The molecular formula is C11H16N4O3. The normalized spacial score (nSPS) is 17.3. The molecule has 7 heteroatoms. The lowest BCUT2D eigenvalue weighted by Crippen LogP contribution is -2.43. The number of hydrogen-bond donors (Lipinski definition) is 3. The van der Waals surface area contributed by atoms with E-state index in [9.17, 15) is 9.59 Å². The smallest absolute Gasteiger partial charge is 0.329 e. The zero-order valence-corrected chi connectivity index (χ0v) is 10.6. The van der Waals surface area contributed by atoms with Gasteiger partial charge in [-0.25, -0.2) is 9.78 Å². The minimum absolute atomic E-state index is 0.0209. The Kier molecular flexibility index (Phi) is 2.64. The molecule has 18 heavy (non-hydrogen) atoms. The van der Waals surface area contributed by atoms with E-state index in [1.807, 2.05) is 20.8 Å². The molecule has 3 N–H and O–H groups in total. The minimum Gasteiger partial charge on any atom is -0.480 e. The van der Waals surface area contributed by atoms with E-state index in [1.165, 1.54) is 0 Å². The maximum absolute atomic E-state index is 11.8. The van der Waals surface area contributed by atoms with Crippen molar-refractivity contribution in [2.45, 2.75) is 44.6 Å². The van der Waals surface area contributed by atoms with Crippen molar-refractivity contribution < 1.29 is 14.7 Å². The number of carbonyl (C=O) groups is 2. The summed E-state index contributed by atoms with van der Waals surface area (Å²) in [5.74, 6) is -0.996. The van der Waals surface area contributed by atoms with E-state index in [0.717, 1.165) is 0 Å². The van der Waals surface area contributed by atoms with Crippen LogP contribution in [0.3, 0.4) is 0 Å². The van der Waals surface area contributed by atoms with E-state index in [1.54, 1.807) is 0 Å². The molecule has 1 fully saturated rings. The average molecular weight is 252 g/mol. The summed E-state index contributed by atoms with van der Waals surface area (Å²) < 4.78 is 0. The fourth-order valence-corrected chi connectivity index (χ4v) is 1.49. The molecular weight excluding hydrogens is 236 g/mol. The topological polar surface area (TPSA) is 108 Å². The van der Waals surface area contributed by atoms with Crippen LogP contribution in [0.1, 0.15) is 50.1 Å². The van der Waals surface area contributed by atoms with Crippen LogP contribution in [-0.4, -0.2) is 37.7 Å². The van der Waals surface area contributed by atoms with Crippen LogP contribution in [0, 0.1) is 0 Å². The monoisotopic (exact) mass is 252 g/mol. The molecule has 2 rings (SSSR count). The van der Waals surface area contributed by atoms with Gasteiger partial charge in [0.2, 0.25) is 5.82 Å². The number of rotatable bonds is 3. The lowest BCUT2D eigenvalue weighted by Gasteiger charge is -2.13. The molecule has 1 aliphatic rings. The second-order valence-electron chi connectivity index (χ2n) is 5.60. The van der Waals surface area contributed by atoms with Gasteiger partial charge < -0.3 is 10.4 Å². The number of H-pyrrole nitrogens is 1. The number of aromatic nitrogens is 3. The third-order valence-electron chi connectivity index (χ3n) is 2.91. The van der Waals surface area contributed by atoms with E-state index < -0.39 is 17.4 Å². The molecule has 0 unspecified atom stereocenters. The van der Waals surface area contributed by atoms with Crippen molar-refractivity contribution in [3.8, 4) is 0 Å². The summed E-state index contributed by atoms with van der Waals surface area (Å²) in [5, 5.41) is 17.9. The van der Waals surface area contributed by atoms with Crippen molar-refractivity contribution >= 4 is 11.9 Å². The second kappa shape index (κ2) is 3.79. The SMILES string of the molecule is CC(C)(C)c1nc(C(=O)NC2(C(=O)O)CC2)n[nH]1. The van der Waals surface area contributed by atoms with Crippen LogP contribution < -0.4 is 5.32 Å². The van der Waals surface area contributed by atoms with Gasteiger partial charge in [0.15, 0.2) is 0 Å². The maximum atomic E-state index is 11.8. The Morgan fingerprint density at radius 2 is 2.00 bits per heavy atom. The molecule has 98 valence electrons. The first-order chi connectivity index (χ1) is 8.24. The standard InChI is InChI=1S/C11H16N4O3/c1-10(2,3)8-12-6(14-15-8)7(16)13-11(4-5-11)9(17)18/h4-5H2,1-3H3,(H,13,16)(H,17,18)(H,12,14,15). The second-order valence-corrected chi connectivity index (χ2v) is 5.60. The molecule has 0 spiro atoms. The number of aromatic amines is 1. The number of aliphatic carboxylic acids is 1. The van der Waals surface area contributed by atoms with E-state index in [-0.39, 0.29) is 11.2 Å². The van der Waals surface area contributed by atoms with Crippen LogP contribution in [0.25, 0.3) is 0 Å². The molecule has 0 bridgehead atoms. The molecule has 0 atom stereocenters. The third kappa shape index (κ3) is 2.20. The average Bonchev–Trinajstić information content (AvgIpc) is 2.85. The van der Waals surface area contributed by atoms with Crippen LogP contribution >= 0.6 is 0 Å². The first kappa shape index (κ1) is 12.5. The molecule has 0 saturated heterocycles. The highest BCUT2D eigenvalue weighted by Crippen LogP contribution is 2.35. The summed E-state index contributed by atoms with van der Waals surface area (Å²) in [6, 6.07) is 0. The van der Waals surface area contributed by atoms with Crippen molar-refractivity contribution in [1.82, 2.24) is 20.5 Å². The summed E-state index contributed by atoms with van der Waals surface area (Å²) in [7, 11) is 0. The largest absolute Gasteiger partial charge is 0.480 e. The highest BCUT2D eigenvalue weighted by atomic mass is 16.4. The van der Waals surface area contributed by atoms with E-state index in [2.05, 4.69) is 20.5 Å². The lowest BCUT2D eigenvalue weighted by molar-refractivity contribution is -0.140. The molecule has 1 aromatic rings. The van der Waals surface area contributed by atoms with Crippen LogP contribution in [0.4, 0.5) is 0 Å². The minimum atomic E-state index is -1.11. The number of amides is 1. The lowest BCUT2D eigenvalue weighted by atomic mass is 9.96. The maximum Gasteiger partial charge on any atom is 0.329 e. The van der Waals surface area contributed by atoms with Gasteiger partial charge in [-0.15, -0.1) is 5.10 Å². The number of carbonyl (C=O) groups excluding carboxylic acids is 1. The fraction of sp³-hybridized carbons (Fsp3) is 0.636. The molecule has 7 nitrogen and oxygen atoms in total. The van der Waals surface area contributed by atoms with Gasteiger partial charge in [0.25, 0.3) is 5.91 Å². The predicted octanol–water partition coefficient (Wildman–Crippen LogP) is 0.449. The summed E-state index contributed by atoms with van der Waals surface area (Å²) in [4.78, 5) is 26.9. The Bertz CT molecular complexity index is 497. The van der Waals surface area contributed by atoms with Gasteiger partial charge in [-0.1, -0.05) is 20.8 Å². The highest BCUT2D eigenvalue weighted by molar-refractivity contribution is 5.96. The Balaban J connectivity index is 2.11. The molecule has 1 amide bonds. The molecule has 0 radical (unpaired) electrons. The molecule has 1 aromatic heterocycles. The molecule has 0 aliphatic heterocycles. The van der Waals surface area contributed by atoms with Gasteiger partial charge in [-0.2, -0.15) is 0 Å². The first-order valence-corrected chi connectivity index (χ1v) is 5.73. The zero-order chi connectivity index (χ0) is 13.6. The van der Waals surface area contributed by atoms with Crippen molar-refractivity contribution in [2.75, 3.05) is 0 Å². The molecule has 1 heterocycles. The van der Waals surface area contributed by atoms with Gasteiger partial charge in [0.05, 0.1) is 0 Å². The van der Waals surface area contributed by atoms with Crippen molar-refractivity contribution in [1.29, 1.82) is 0 Å². The molecule has 1 aliphatic carbocycles. The van der Waals surface area contributed by atoms with Crippen LogP contribution in [0.2, 0.25) is 0 Å². The third-order valence-corrected chi connectivity index (χ3v) is 2.91. The van der Waals surface area contributed by atoms with E-state index in [4.69, 9.17) is 5.11 Å². The number of nitrogens with zero attached hydrogens (tertiary/aromatic N) is 2. The summed E-state index contributed by atoms with van der Waals surface area (Å²) in [6.45, 7) is 5.82. The van der Waals surface area contributed by atoms with Gasteiger partial charge in [-0.3, -0.25) is 9.89 Å². The predicted molar refractivity (Wildman–Crippen MR) is 62.1 cm³/mol. The van der Waals surface area contributed by atoms with Crippen molar-refractivity contribution in [2.24, 2.45) is 0 Å². The molecule has 0 aromatic carbocycles. The Morgan fingerprint density at radius 3 is 2.39 bits per heavy atom. The van der Waals surface area contributed by atoms with Gasteiger partial charge in [-0.05, 0) is 12.8 Å². The van der Waals surface area contributed by atoms with Crippen LogP contribution in [0.15, 0.2) is 0 Å². The number of nitrogens with one attached hydrogen (secondary N) is 2. The Morgan fingerprint density at radius 1 is 1.39 bits per heavy atom. The van der Waals surface area contributed by atoms with Gasteiger partial charge in [0, 0.05) is 5.41 Å². The zero-order valence-electron chi connectivity index (χ0n) is 10.6. The summed E-state index contributed by atoms with van der Waals surface area (Å²) >= 11 is 0. The van der Waals surface area contributed by atoms with Gasteiger partial charge in [0.1, 0.15) is 11.4 Å². The quantitative estimate of drug-likeness (QED) is 0.723. The molecule has 1 saturated carbocycles. The van der Waals surface area contributed by atoms with Crippen LogP contribution in [-0.2, 0) is 10.2 Å². The Labute approximate surface area is 104 Å². The number of carboxylic acids is 1. The van der Waals surface area contributed by atoms with E-state index in [0.29, 0.717) is 18.7 Å². The highest BCUT2D eigenvalue weighted by Gasteiger charge is 2.52. The van der Waals surface area contributed by atoms with Crippen molar-refractivity contribution in [3.63, 3.8) is 0 Å². The van der Waals surface area contributed by atoms with Crippen molar-refractivity contribution in [3.05, 3.63) is 11.6 Å². The first-order valence-electron chi connectivity index (χ1n) is 5.73. The number of hydrogen-bond acceptors (Lipinski definition) is 4.